The number of likely N-dealkylation sites (N-methyl/N-ethyl adjacent to an activating group) is 1. The van der Waals surface area contributed by atoms with Crippen LogP contribution in [0.3, 0.4) is 0 Å². The van der Waals surface area contributed by atoms with E-state index in [2.05, 4.69) is 55.5 Å². The Morgan fingerprint density at radius 3 is 1.81 bits per heavy atom. The zero-order chi connectivity index (χ0) is 27.1. The Hall–Kier alpha value is -2.48. The van der Waals surface area contributed by atoms with Crippen LogP contribution in [0.1, 0.15) is 58.3 Å². The lowest BCUT2D eigenvalue weighted by molar-refractivity contribution is -0.889. The summed E-state index contributed by atoms with van der Waals surface area (Å²) in [6.45, 7) is 2.12. The van der Waals surface area contributed by atoms with Gasteiger partial charge in [-0.2, -0.15) is 0 Å². The first-order chi connectivity index (χ1) is 17.2. The molecule has 0 aromatic heterocycles. The van der Waals surface area contributed by atoms with Gasteiger partial charge in [0.25, 0.3) is 0 Å². The van der Waals surface area contributed by atoms with Crippen molar-refractivity contribution in [2.75, 3.05) is 41.0 Å². The first kappa shape index (κ1) is 33.5. The smallest absolute Gasteiger partial charge is 0.306 e. The Kier molecular flexibility index (Phi) is 20.3. The van der Waals surface area contributed by atoms with Gasteiger partial charge in [0.2, 0.25) is 0 Å². The lowest BCUT2D eigenvalue weighted by Crippen LogP contribution is -2.55. The van der Waals surface area contributed by atoms with E-state index in [1.54, 1.807) is 21.1 Å². The van der Waals surface area contributed by atoms with Crippen molar-refractivity contribution in [2.24, 2.45) is 0 Å². The van der Waals surface area contributed by atoms with Crippen LogP contribution in [0.15, 0.2) is 60.8 Å². The summed E-state index contributed by atoms with van der Waals surface area (Å²) in [6, 6.07) is -0.698. The lowest BCUT2D eigenvalue weighted by atomic mass is 10.1. The average Bonchev–Trinajstić information content (AvgIpc) is 2.81. The van der Waals surface area contributed by atoms with Crippen molar-refractivity contribution in [3.8, 4) is 0 Å². The quantitative estimate of drug-likeness (QED) is 0.111. The molecule has 36 heavy (non-hydrogen) atoms. The van der Waals surface area contributed by atoms with E-state index in [0.717, 1.165) is 32.1 Å². The zero-order valence-electron chi connectivity index (χ0n) is 22.6. The predicted molar refractivity (Wildman–Crippen MR) is 143 cm³/mol. The van der Waals surface area contributed by atoms with Crippen LogP contribution in [0.5, 0.6) is 0 Å². The summed E-state index contributed by atoms with van der Waals surface area (Å²) in [6.07, 6.45) is 26.1. The van der Waals surface area contributed by atoms with Crippen LogP contribution in [-0.2, 0) is 19.1 Å². The molecule has 0 rings (SSSR count). The van der Waals surface area contributed by atoms with Crippen LogP contribution in [-0.4, -0.2) is 74.6 Å². The van der Waals surface area contributed by atoms with Gasteiger partial charge in [0.15, 0.2) is 0 Å². The van der Waals surface area contributed by atoms with Crippen molar-refractivity contribution < 1.29 is 33.8 Å². The third kappa shape index (κ3) is 20.9. The number of nitrogens with zero attached hydrogens (tertiary/aromatic N) is 1. The Bertz CT molecular complexity index is 731. The van der Waals surface area contributed by atoms with E-state index in [0.29, 0.717) is 6.42 Å². The van der Waals surface area contributed by atoms with Crippen LogP contribution >= 0.6 is 0 Å². The molecule has 204 valence electrons. The Morgan fingerprint density at radius 1 is 0.833 bits per heavy atom. The molecule has 0 saturated carbocycles. The van der Waals surface area contributed by atoms with Crippen molar-refractivity contribution in [1.29, 1.82) is 0 Å². The second-order valence-electron chi connectivity index (χ2n) is 9.40. The zero-order valence-corrected chi connectivity index (χ0v) is 22.6. The Balaban J connectivity index is 3.79. The average molecular weight is 506 g/mol. The summed E-state index contributed by atoms with van der Waals surface area (Å²) in [5.41, 5.74) is 0. The van der Waals surface area contributed by atoms with Gasteiger partial charge in [0.1, 0.15) is 18.8 Å². The molecule has 0 spiro atoms. The number of carbonyl (C=O) groups excluding carboxylic acids is 2. The molecule has 0 saturated heterocycles. The third-order valence-corrected chi connectivity index (χ3v) is 5.16. The van der Waals surface area contributed by atoms with Gasteiger partial charge in [-0.25, -0.2) is 0 Å². The number of aliphatic hydroxyl groups excluding tert-OH is 1. The Morgan fingerprint density at radius 2 is 1.33 bits per heavy atom. The van der Waals surface area contributed by atoms with E-state index in [-0.39, 0.29) is 43.1 Å². The third-order valence-electron chi connectivity index (χ3n) is 5.16. The second kappa shape index (κ2) is 21.8. The van der Waals surface area contributed by atoms with Crippen LogP contribution < -0.4 is 5.11 Å². The predicted octanol–water partition coefficient (Wildman–Crippen LogP) is 3.65. The molecule has 0 aliphatic heterocycles. The van der Waals surface area contributed by atoms with Crippen LogP contribution in [0.4, 0.5) is 0 Å². The molecule has 7 heteroatoms. The van der Waals surface area contributed by atoms with E-state index < -0.39 is 18.1 Å². The van der Waals surface area contributed by atoms with Gasteiger partial charge in [-0.1, -0.05) is 67.7 Å². The molecule has 0 aliphatic rings. The Labute approximate surface area is 218 Å². The minimum Gasteiger partial charge on any atom is -0.544 e. The molecule has 1 N–H and O–H groups in total. The highest BCUT2D eigenvalue weighted by atomic mass is 16.5. The first-order valence-corrected chi connectivity index (χ1v) is 12.9. The number of esters is 1. The fourth-order valence-corrected chi connectivity index (χ4v) is 3.11. The fourth-order valence-electron chi connectivity index (χ4n) is 3.11. The van der Waals surface area contributed by atoms with Gasteiger partial charge in [-0.3, -0.25) is 4.79 Å². The normalized spacial score (nSPS) is 14.6. The first-order valence-electron chi connectivity index (χ1n) is 12.9. The number of carboxylic acid groups (broad SMARTS) is 1. The molecule has 7 nitrogen and oxygen atoms in total. The number of carbonyl (C=O) groups is 2. The standard InChI is InChI=1S/C29H47NO6/c1-5-6-7-8-9-10-11-12-13-14-15-16-17-18-19-20-21-28(32)36-25-26(31)24-35-23-22-27(29(33)34)30(2,3)4/h6-7,9-10,12-13,15-16,18-19,26-27,31H,5,8,11,14,17,20-25H2,1-4H3/b7-6+,10-9+,13-12+,16-15+,19-18+. The molecule has 0 fully saturated rings. The highest BCUT2D eigenvalue weighted by Crippen LogP contribution is 2.07. The van der Waals surface area contributed by atoms with Crippen molar-refractivity contribution in [1.82, 2.24) is 0 Å². The highest BCUT2D eigenvalue weighted by Gasteiger charge is 2.24. The summed E-state index contributed by atoms with van der Waals surface area (Å²) in [5, 5.41) is 21.1. The molecule has 0 heterocycles. The number of carboxylic acids is 1. The topological polar surface area (TPSA) is 95.9 Å². The maximum absolute atomic E-state index is 11.8. The van der Waals surface area contributed by atoms with Crippen LogP contribution in [0.25, 0.3) is 0 Å². The van der Waals surface area contributed by atoms with E-state index in [1.165, 1.54) is 0 Å². The van der Waals surface area contributed by atoms with Crippen LogP contribution in [0.2, 0.25) is 0 Å². The molecule has 0 aromatic carbocycles. The number of rotatable bonds is 21. The number of aliphatic hydroxyl groups is 1. The summed E-state index contributed by atoms with van der Waals surface area (Å²) in [5.74, 6) is -1.51. The van der Waals surface area contributed by atoms with E-state index >= 15 is 0 Å². The summed E-state index contributed by atoms with van der Waals surface area (Å²) >= 11 is 0. The summed E-state index contributed by atoms with van der Waals surface area (Å²) in [4.78, 5) is 23.0. The molecule has 2 unspecified atom stereocenters. The van der Waals surface area contributed by atoms with Gasteiger partial charge in [-0.15, -0.1) is 0 Å². The molecule has 0 radical (unpaired) electrons. The van der Waals surface area contributed by atoms with Gasteiger partial charge < -0.3 is 29.0 Å². The second-order valence-corrected chi connectivity index (χ2v) is 9.40. The number of hydrogen-bond donors (Lipinski definition) is 1. The lowest BCUT2D eigenvalue weighted by Gasteiger charge is -2.34. The molecular formula is C29H47NO6. The van der Waals surface area contributed by atoms with Crippen molar-refractivity contribution in [3.63, 3.8) is 0 Å². The molecule has 2 atom stereocenters. The minimum absolute atomic E-state index is 0.0288. The van der Waals surface area contributed by atoms with Gasteiger partial charge >= 0.3 is 5.97 Å². The maximum atomic E-state index is 11.8. The molecule has 0 amide bonds. The summed E-state index contributed by atoms with van der Waals surface area (Å²) < 4.78 is 10.6. The SMILES string of the molecule is CC/C=C/C/C=C/C/C=C/C/C=C/C/C=C/CCC(=O)OCC(O)COCCC(C(=O)[O-])[N+](C)(C)C. The fraction of sp³-hybridized carbons (Fsp3) is 0.586. The van der Waals surface area contributed by atoms with Crippen molar-refractivity contribution in [2.45, 2.75) is 70.4 Å². The van der Waals surface area contributed by atoms with Gasteiger partial charge in [-0.05, 0) is 38.5 Å². The van der Waals surface area contributed by atoms with Gasteiger partial charge in [0, 0.05) is 12.8 Å². The van der Waals surface area contributed by atoms with Crippen molar-refractivity contribution in [3.05, 3.63) is 60.8 Å². The number of allylic oxidation sites excluding steroid dienone is 10. The van der Waals surface area contributed by atoms with Crippen LogP contribution in [0, 0.1) is 0 Å². The van der Waals surface area contributed by atoms with Gasteiger partial charge in [0.05, 0.1) is 40.3 Å². The largest absolute Gasteiger partial charge is 0.544 e. The maximum Gasteiger partial charge on any atom is 0.306 e. The molecule has 0 aromatic rings. The molecule has 0 bridgehead atoms. The number of quaternary nitrogens is 1. The van der Waals surface area contributed by atoms with E-state index in [9.17, 15) is 19.8 Å². The number of ether oxygens (including phenoxy) is 2. The highest BCUT2D eigenvalue weighted by molar-refractivity contribution is 5.70. The molecule has 0 aliphatic carbocycles. The van der Waals surface area contributed by atoms with E-state index in [1.807, 2.05) is 12.2 Å². The van der Waals surface area contributed by atoms with Crippen molar-refractivity contribution >= 4 is 11.9 Å². The summed E-state index contributed by atoms with van der Waals surface area (Å²) in [7, 11) is 5.32. The number of hydrogen-bond acceptors (Lipinski definition) is 6. The monoisotopic (exact) mass is 505 g/mol. The minimum atomic E-state index is -1.13. The van der Waals surface area contributed by atoms with E-state index in [4.69, 9.17) is 9.47 Å². The molecular weight excluding hydrogens is 458 g/mol. The number of aliphatic carboxylic acids is 1.